The third-order valence-electron chi connectivity index (χ3n) is 4.31. The van der Waals surface area contributed by atoms with Crippen molar-refractivity contribution in [1.82, 2.24) is 9.78 Å². The number of rotatable bonds is 7. The maximum Gasteiger partial charge on any atom is 0.282 e. The number of methoxy groups -OCH3 is 1. The number of aromatic nitrogens is 2. The molecule has 0 saturated carbocycles. The Kier molecular flexibility index (Phi) is 5.96. The fourth-order valence-corrected chi connectivity index (χ4v) is 3.75. The normalized spacial score (nSPS) is 11.8. The molecular formula is C19H19F2N3O4S. The predicted molar refractivity (Wildman–Crippen MR) is 103 cm³/mol. The lowest BCUT2D eigenvalue weighted by molar-refractivity contribution is 0.145. The van der Waals surface area contributed by atoms with Gasteiger partial charge in [0.15, 0.2) is 0 Å². The molecule has 0 aliphatic heterocycles. The van der Waals surface area contributed by atoms with Gasteiger partial charge in [-0.05, 0) is 60.5 Å². The highest BCUT2D eigenvalue weighted by Crippen LogP contribution is 2.30. The fraction of sp³-hybridized carbons (Fsp3) is 0.211. The molecule has 29 heavy (non-hydrogen) atoms. The molecule has 154 valence electrons. The third-order valence-corrected chi connectivity index (χ3v) is 5.33. The number of alkyl halides is 2. The molecule has 0 aliphatic carbocycles. The number of hydrogen-bond donors (Lipinski definition) is 2. The second-order valence-electron chi connectivity index (χ2n) is 6.21. The first-order valence-electron chi connectivity index (χ1n) is 8.54. The zero-order valence-electron chi connectivity index (χ0n) is 15.4. The second kappa shape index (κ2) is 8.27. The highest BCUT2D eigenvalue weighted by molar-refractivity contribution is 7.89. The molecule has 1 heterocycles. The molecular weight excluding hydrogens is 404 g/mol. The summed E-state index contributed by atoms with van der Waals surface area (Å²) >= 11 is 0. The van der Waals surface area contributed by atoms with E-state index in [-0.39, 0.29) is 23.5 Å². The molecule has 0 unspecified atom stereocenters. The Morgan fingerprint density at radius 1 is 1.17 bits per heavy atom. The summed E-state index contributed by atoms with van der Waals surface area (Å²) < 4.78 is 56.6. The van der Waals surface area contributed by atoms with Crippen molar-refractivity contribution < 1.29 is 27.0 Å². The number of ether oxygens (including phenoxy) is 1. The lowest BCUT2D eigenvalue weighted by atomic mass is 10.1. The van der Waals surface area contributed by atoms with Gasteiger partial charge in [-0.1, -0.05) is 0 Å². The van der Waals surface area contributed by atoms with Crippen LogP contribution in [0, 0.1) is 0 Å². The van der Waals surface area contributed by atoms with Crippen molar-refractivity contribution >= 4 is 10.0 Å². The summed E-state index contributed by atoms with van der Waals surface area (Å²) in [4.78, 5) is -0.137. The van der Waals surface area contributed by atoms with Crippen molar-refractivity contribution in [3.63, 3.8) is 0 Å². The highest BCUT2D eigenvalue weighted by atomic mass is 32.2. The summed E-state index contributed by atoms with van der Waals surface area (Å²) in [5.41, 5.74) is 1.21. The Hall–Kier alpha value is -2.82. The Balaban J connectivity index is 2.18. The van der Waals surface area contributed by atoms with E-state index in [1.807, 2.05) is 0 Å². The number of aliphatic hydroxyl groups excluding tert-OH is 1. The highest BCUT2D eigenvalue weighted by Gasteiger charge is 2.20. The van der Waals surface area contributed by atoms with E-state index >= 15 is 0 Å². The molecule has 0 fully saturated rings. The maximum atomic E-state index is 13.3. The van der Waals surface area contributed by atoms with Gasteiger partial charge < -0.3 is 9.84 Å². The summed E-state index contributed by atoms with van der Waals surface area (Å²) in [5, 5.41) is 18.5. The molecule has 0 amide bonds. The molecule has 3 aromatic rings. The Labute approximate surface area is 166 Å². The van der Waals surface area contributed by atoms with Crippen molar-refractivity contribution in [1.29, 1.82) is 0 Å². The van der Waals surface area contributed by atoms with Crippen LogP contribution in [0.15, 0.2) is 53.4 Å². The average molecular weight is 423 g/mol. The number of halogens is 2. The van der Waals surface area contributed by atoms with Crippen LogP contribution < -0.4 is 9.88 Å². The van der Waals surface area contributed by atoms with E-state index in [2.05, 4.69) is 5.10 Å². The number of hydrogen-bond acceptors (Lipinski definition) is 5. The van der Waals surface area contributed by atoms with Gasteiger partial charge >= 0.3 is 0 Å². The van der Waals surface area contributed by atoms with E-state index in [0.717, 1.165) is 0 Å². The van der Waals surface area contributed by atoms with E-state index in [4.69, 9.17) is 9.88 Å². The first-order valence-corrected chi connectivity index (χ1v) is 10.1. The minimum atomic E-state index is -4.01. The van der Waals surface area contributed by atoms with Gasteiger partial charge in [0.1, 0.15) is 11.4 Å². The number of sulfonamides is 1. The number of benzene rings is 2. The Morgan fingerprint density at radius 3 is 2.41 bits per heavy atom. The van der Waals surface area contributed by atoms with Gasteiger partial charge in [0.25, 0.3) is 6.43 Å². The molecule has 10 heteroatoms. The largest absolute Gasteiger partial charge is 0.497 e. The topological polar surface area (TPSA) is 107 Å². The number of nitrogens with zero attached hydrogens (tertiary/aromatic N) is 2. The number of primary sulfonamides is 1. The van der Waals surface area contributed by atoms with Crippen LogP contribution in [0.4, 0.5) is 8.78 Å². The fourth-order valence-electron chi connectivity index (χ4n) is 2.96. The summed E-state index contributed by atoms with van der Waals surface area (Å²) in [7, 11) is -2.49. The molecule has 0 radical (unpaired) electrons. The third kappa shape index (κ3) is 4.44. The van der Waals surface area contributed by atoms with Crippen molar-refractivity contribution in [2.24, 2.45) is 5.14 Å². The average Bonchev–Trinajstić information content (AvgIpc) is 3.13. The minimum Gasteiger partial charge on any atom is -0.497 e. The maximum absolute atomic E-state index is 13.3. The molecule has 0 spiro atoms. The zero-order valence-corrected chi connectivity index (χ0v) is 16.2. The van der Waals surface area contributed by atoms with Crippen LogP contribution in [0.1, 0.15) is 17.7 Å². The summed E-state index contributed by atoms with van der Waals surface area (Å²) in [5.74, 6) is 0.608. The van der Waals surface area contributed by atoms with Crippen LogP contribution in [0.5, 0.6) is 5.75 Å². The van der Waals surface area contributed by atoms with Crippen LogP contribution in [0.2, 0.25) is 0 Å². The van der Waals surface area contributed by atoms with Crippen LogP contribution in [0.3, 0.4) is 0 Å². The SMILES string of the molecule is COc1ccc(-c2cc(C(F)F)nn2-c2ccc(S(N)(=O)=O)c(CCO)c2)cc1. The van der Waals surface area contributed by atoms with Gasteiger partial charge in [-0.3, -0.25) is 0 Å². The number of nitrogens with two attached hydrogens (primary N) is 1. The summed E-state index contributed by atoms with van der Waals surface area (Å²) in [6.45, 7) is -0.307. The summed E-state index contributed by atoms with van der Waals surface area (Å²) in [6.07, 6.45) is -2.76. The van der Waals surface area contributed by atoms with Crippen molar-refractivity contribution in [3.05, 3.63) is 59.8 Å². The second-order valence-corrected chi connectivity index (χ2v) is 7.74. The van der Waals surface area contributed by atoms with E-state index in [1.165, 1.54) is 36.1 Å². The van der Waals surface area contributed by atoms with Crippen molar-refractivity contribution in [3.8, 4) is 22.7 Å². The van der Waals surface area contributed by atoms with E-state index in [9.17, 15) is 22.3 Å². The van der Waals surface area contributed by atoms with Gasteiger partial charge in [0.2, 0.25) is 10.0 Å². The van der Waals surface area contributed by atoms with Gasteiger partial charge in [-0.2, -0.15) is 5.10 Å². The molecule has 7 nitrogen and oxygen atoms in total. The smallest absolute Gasteiger partial charge is 0.282 e. The van der Waals surface area contributed by atoms with Crippen molar-refractivity contribution in [2.75, 3.05) is 13.7 Å². The molecule has 1 aromatic heterocycles. The standard InChI is InChI=1S/C19H19F2N3O4S/c1-28-15-5-2-12(3-6-15)17-11-16(19(20)21)23-24(17)14-4-7-18(29(22,26)27)13(10-14)8-9-25/h2-7,10-11,19,25H,8-9H2,1H3,(H2,22,26,27). The molecule has 0 aliphatic rings. The quantitative estimate of drug-likeness (QED) is 0.608. The number of aliphatic hydroxyl groups is 1. The van der Waals surface area contributed by atoms with E-state index < -0.39 is 22.1 Å². The van der Waals surface area contributed by atoms with Crippen LogP contribution in [-0.2, 0) is 16.4 Å². The molecule has 0 atom stereocenters. The summed E-state index contributed by atoms with van der Waals surface area (Å²) in [6, 6.07) is 12.2. The first kappa shape index (κ1) is 20.9. The molecule has 0 bridgehead atoms. The lowest BCUT2D eigenvalue weighted by Gasteiger charge is -2.12. The van der Waals surface area contributed by atoms with Crippen LogP contribution in [-0.4, -0.2) is 37.0 Å². The Bertz CT molecular complexity index is 1110. The zero-order chi connectivity index (χ0) is 21.2. The van der Waals surface area contributed by atoms with Crippen molar-refractivity contribution in [2.45, 2.75) is 17.7 Å². The van der Waals surface area contributed by atoms with Gasteiger partial charge in [-0.15, -0.1) is 0 Å². The Morgan fingerprint density at radius 2 is 1.86 bits per heavy atom. The predicted octanol–water partition coefficient (Wildman–Crippen LogP) is 2.67. The van der Waals surface area contributed by atoms with Gasteiger partial charge in [0.05, 0.1) is 23.4 Å². The molecule has 3 rings (SSSR count). The van der Waals surface area contributed by atoms with Crippen LogP contribution >= 0.6 is 0 Å². The lowest BCUT2D eigenvalue weighted by Crippen LogP contribution is -2.15. The monoisotopic (exact) mass is 423 g/mol. The first-order chi connectivity index (χ1) is 13.7. The van der Waals surface area contributed by atoms with E-state index in [1.54, 1.807) is 24.3 Å². The van der Waals surface area contributed by atoms with Gasteiger partial charge in [0, 0.05) is 12.2 Å². The molecule has 2 aromatic carbocycles. The molecule has 3 N–H and O–H groups in total. The van der Waals surface area contributed by atoms with Crippen LogP contribution in [0.25, 0.3) is 16.9 Å². The van der Waals surface area contributed by atoms with E-state index in [0.29, 0.717) is 22.7 Å². The minimum absolute atomic E-state index is 0.0282. The molecule has 0 saturated heterocycles. The van der Waals surface area contributed by atoms with Gasteiger partial charge in [-0.25, -0.2) is 27.0 Å².